The molecule has 1 fully saturated rings. The average molecular weight is 270 g/mol. The fourth-order valence-electron chi connectivity index (χ4n) is 3.62. The molecule has 0 amide bonds. The van der Waals surface area contributed by atoms with Gasteiger partial charge >= 0.3 is 0 Å². The number of aliphatic hydroxyl groups excluding tert-OH is 1. The molecule has 1 heterocycles. The summed E-state index contributed by atoms with van der Waals surface area (Å²) in [4.78, 5) is 6.43. The van der Waals surface area contributed by atoms with Gasteiger partial charge in [0.2, 0.25) is 0 Å². The van der Waals surface area contributed by atoms with Crippen LogP contribution in [0.1, 0.15) is 37.4 Å². The lowest BCUT2D eigenvalue weighted by molar-refractivity contribution is -0.00388. The summed E-state index contributed by atoms with van der Waals surface area (Å²) in [5, 5.41) is 13.3. The summed E-state index contributed by atoms with van der Waals surface area (Å²) in [5.74, 6) is 0. The highest BCUT2D eigenvalue weighted by Crippen LogP contribution is 2.44. The maximum Gasteiger partial charge on any atom is 0.0979 e. The minimum Gasteiger partial charge on any atom is -0.386 e. The predicted octanol–water partition coefficient (Wildman–Crippen LogP) is 3.14. The number of fused-ring (bicyclic) bond motifs is 1. The molecule has 3 nitrogen and oxygen atoms in total. The molecule has 2 aromatic rings. The monoisotopic (exact) mass is 270 g/mol. The Kier molecular flexibility index (Phi) is 3.48. The SMILES string of the molecule is CN(C)C1(C(O)c2cccc3ccncc23)CCCC1. The fraction of sp³-hybridized carbons (Fsp3) is 0.471. The van der Waals surface area contributed by atoms with Gasteiger partial charge in [-0.05, 0) is 44.0 Å². The van der Waals surface area contributed by atoms with Gasteiger partial charge < -0.3 is 10.0 Å². The van der Waals surface area contributed by atoms with Crippen molar-refractivity contribution < 1.29 is 5.11 Å². The summed E-state index contributed by atoms with van der Waals surface area (Å²) < 4.78 is 0. The van der Waals surface area contributed by atoms with Crippen LogP contribution < -0.4 is 0 Å². The van der Waals surface area contributed by atoms with Crippen LogP contribution in [0.15, 0.2) is 36.7 Å². The molecule has 0 bridgehead atoms. The molecule has 1 unspecified atom stereocenters. The fourth-order valence-corrected chi connectivity index (χ4v) is 3.62. The summed E-state index contributed by atoms with van der Waals surface area (Å²) in [6.45, 7) is 0. The number of hydrogen-bond donors (Lipinski definition) is 1. The molecule has 0 saturated heterocycles. The first-order chi connectivity index (χ1) is 9.65. The van der Waals surface area contributed by atoms with Gasteiger partial charge in [0.15, 0.2) is 0 Å². The number of rotatable bonds is 3. The van der Waals surface area contributed by atoms with E-state index in [4.69, 9.17) is 0 Å². The van der Waals surface area contributed by atoms with Gasteiger partial charge in [0.1, 0.15) is 0 Å². The van der Waals surface area contributed by atoms with Crippen molar-refractivity contribution in [2.45, 2.75) is 37.3 Å². The van der Waals surface area contributed by atoms with E-state index in [-0.39, 0.29) is 5.54 Å². The average Bonchev–Trinajstić information content (AvgIpc) is 2.97. The number of nitrogens with zero attached hydrogens (tertiary/aromatic N) is 2. The van der Waals surface area contributed by atoms with E-state index in [1.807, 2.05) is 24.4 Å². The maximum absolute atomic E-state index is 11.1. The first-order valence-electron chi connectivity index (χ1n) is 7.33. The summed E-state index contributed by atoms with van der Waals surface area (Å²) in [7, 11) is 4.16. The van der Waals surface area contributed by atoms with Crippen molar-refractivity contribution in [3.05, 3.63) is 42.2 Å². The zero-order valence-electron chi connectivity index (χ0n) is 12.2. The zero-order valence-corrected chi connectivity index (χ0v) is 12.2. The molecule has 1 N–H and O–H groups in total. The van der Waals surface area contributed by atoms with Crippen LogP contribution in [0.2, 0.25) is 0 Å². The Bertz CT molecular complexity index is 597. The molecule has 1 atom stereocenters. The molecule has 1 aliphatic carbocycles. The van der Waals surface area contributed by atoms with Crippen LogP contribution in [0.5, 0.6) is 0 Å². The second-order valence-electron chi connectivity index (χ2n) is 6.05. The second-order valence-corrected chi connectivity index (χ2v) is 6.05. The third-order valence-corrected chi connectivity index (χ3v) is 4.88. The quantitative estimate of drug-likeness (QED) is 0.931. The molecular formula is C17H22N2O. The Balaban J connectivity index is 2.10. The lowest BCUT2D eigenvalue weighted by Crippen LogP contribution is -2.47. The Hall–Kier alpha value is -1.45. The molecule has 20 heavy (non-hydrogen) atoms. The number of aromatic nitrogens is 1. The number of benzene rings is 1. The number of likely N-dealkylation sites (N-methyl/N-ethyl adjacent to an activating group) is 1. The molecule has 0 radical (unpaired) electrons. The molecule has 106 valence electrons. The van der Waals surface area contributed by atoms with E-state index in [1.54, 1.807) is 6.20 Å². The van der Waals surface area contributed by atoms with E-state index < -0.39 is 6.10 Å². The highest BCUT2D eigenvalue weighted by molar-refractivity contribution is 5.85. The van der Waals surface area contributed by atoms with Crippen molar-refractivity contribution in [2.24, 2.45) is 0 Å². The molecule has 1 aromatic carbocycles. The van der Waals surface area contributed by atoms with Crippen molar-refractivity contribution in [1.29, 1.82) is 0 Å². The van der Waals surface area contributed by atoms with Crippen molar-refractivity contribution in [3.63, 3.8) is 0 Å². The third-order valence-electron chi connectivity index (χ3n) is 4.88. The first kappa shape index (κ1) is 13.5. The van der Waals surface area contributed by atoms with Crippen LogP contribution in [0.25, 0.3) is 10.8 Å². The van der Waals surface area contributed by atoms with Crippen LogP contribution in [0.4, 0.5) is 0 Å². The summed E-state index contributed by atoms with van der Waals surface area (Å²) in [6.07, 6.45) is 7.70. The molecule has 0 aliphatic heterocycles. The minimum absolute atomic E-state index is 0.135. The van der Waals surface area contributed by atoms with Crippen LogP contribution in [-0.4, -0.2) is 34.6 Å². The molecule has 0 spiro atoms. The summed E-state index contributed by atoms with van der Waals surface area (Å²) in [6, 6.07) is 8.14. The van der Waals surface area contributed by atoms with Crippen molar-refractivity contribution in [2.75, 3.05) is 14.1 Å². The molecule has 3 rings (SSSR count). The van der Waals surface area contributed by atoms with Gasteiger partial charge in [-0.3, -0.25) is 4.98 Å². The van der Waals surface area contributed by atoms with Gasteiger partial charge in [-0.15, -0.1) is 0 Å². The van der Waals surface area contributed by atoms with Crippen LogP contribution in [-0.2, 0) is 0 Å². The van der Waals surface area contributed by atoms with Gasteiger partial charge in [-0.2, -0.15) is 0 Å². The summed E-state index contributed by atoms with van der Waals surface area (Å²) in [5.41, 5.74) is 0.871. The number of hydrogen-bond acceptors (Lipinski definition) is 3. The van der Waals surface area contributed by atoms with Crippen molar-refractivity contribution in [1.82, 2.24) is 9.88 Å². The van der Waals surface area contributed by atoms with Crippen molar-refractivity contribution >= 4 is 10.8 Å². The van der Waals surface area contributed by atoms with Gasteiger partial charge in [0.05, 0.1) is 11.6 Å². The smallest absolute Gasteiger partial charge is 0.0979 e. The standard InChI is InChI=1S/C17H22N2O/c1-19(2)17(9-3-4-10-17)16(20)14-7-5-6-13-8-11-18-12-15(13)14/h5-8,11-12,16,20H,3-4,9-10H2,1-2H3. The Labute approximate surface area is 120 Å². The maximum atomic E-state index is 11.1. The van der Waals surface area contributed by atoms with Crippen molar-refractivity contribution in [3.8, 4) is 0 Å². The second kappa shape index (κ2) is 5.15. The van der Waals surface area contributed by atoms with Gasteiger partial charge in [-0.1, -0.05) is 31.0 Å². The molecular weight excluding hydrogens is 248 g/mol. The highest BCUT2D eigenvalue weighted by atomic mass is 16.3. The van der Waals surface area contributed by atoms with E-state index in [9.17, 15) is 5.11 Å². The normalized spacial score (nSPS) is 19.6. The van der Waals surface area contributed by atoms with Gasteiger partial charge in [0, 0.05) is 17.8 Å². The highest BCUT2D eigenvalue weighted by Gasteiger charge is 2.43. The summed E-state index contributed by atoms with van der Waals surface area (Å²) >= 11 is 0. The molecule has 1 saturated carbocycles. The van der Waals surface area contributed by atoms with Crippen LogP contribution in [0, 0.1) is 0 Å². The topological polar surface area (TPSA) is 36.4 Å². The molecule has 1 aliphatic rings. The van der Waals surface area contributed by atoms with Crippen LogP contribution in [0.3, 0.4) is 0 Å². The van der Waals surface area contributed by atoms with E-state index in [1.165, 1.54) is 12.8 Å². The Morgan fingerprint density at radius 1 is 1.20 bits per heavy atom. The van der Waals surface area contributed by atoms with Crippen LogP contribution >= 0.6 is 0 Å². The van der Waals surface area contributed by atoms with E-state index >= 15 is 0 Å². The zero-order chi connectivity index (χ0) is 14.2. The number of pyridine rings is 1. The largest absolute Gasteiger partial charge is 0.386 e. The van der Waals surface area contributed by atoms with E-state index in [0.717, 1.165) is 29.2 Å². The molecule has 3 heteroatoms. The lowest BCUT2D eigenvalue weighted by Gasteiger charge is -2.41. The Morgan fingerprint density at radius 2 is 1.95 bits per heavy atom. The minimum atomic E-state index is -0.465. The van der Waals surface area contributed by atoms with Gasteiger partial charge in [0.25, 0.3) is 0 Å². The molecule has 1 aromatic heterocycles. The van der Waals surface area contributed by atoms with E-state index in [0.29, 0.717) is 0 Å². The van der Waals surface area contributed by atoms with Gasteiger partial charge in [-0.25, -0.2) is 0 Å². The third kappa shape index (κ3) is 2.02. The first-order valence-corrected chi connectivity index (χ1v) is 7.33. The van der Waals surface area contributed by atoms with E-state index in [2.05, 4.69) is 30.0 Å². The Morgan fingerprint density at radius 3 is 2.65 bits per heavy atom. The number of aliphatic hydroxyl groups is 1. The predicted molar refractivity (Wildman–Crippen MR) is 81.6 cm³/mol. The lowest BCUT2D eigenvalue weighted by atomic mass is 9.83.